The predicted octanol–water partition coefficient (Wildman–Crippen LogP) is 0.615. The molecule has 2 N–H and O–H groups in total. The minimum atomic E-state index is -1.01. The summed E-state index contributed by atoms with van der Waals surface area (Å²) in [6.45, 7) is -0.263. The number of nitrogens with one attached hydrogen (secondary N) is 1. The molecule has 0 aromatic carbocycles. The number of aromatic nitrogens is 3. The molecule has 0 atom stereocenters. The van der Waals surface area contributed by atoms with E-state index in [2.05, 4.69) is 15.3 Å². The molecule has 0 bridgehead atoms. The molecule has 0 unspecified atom stereocenters. The van der Waals surface area contributed by atoms with Crippen molar-refractivity contribution in [1.82, 2.24) is 14.5 Å². The van der Waals surface area contributed by atoms with E-state index in [1.807, 2.05) is 0 Å². The quantitative estimate of drug-likeness (QED) is 0.824. The summed E-state index contributed by atoms with van der Waals surface area (Å²) in [5.41, 5.74) is 0.715. The number of rotatable bonds is 4. The minimum absolute atomic E-state index is 0.263. The minimum Gasteiger partial charge on any atom is -0.480 e. The lowest BCUT2D eigenvalue weighted by Gasteiger charge is -2.07. The predicted molar refractivity (Wildman–Crippen MR) is 62.1 cm³/mol. The Labute approximate surface area is 102 Å². The summed E-state index contributed by atoms with van der Waals surface area (Å²) in [6, 6.07) is 3.15. The van der Waals surface area contributed by atoms with Gasteiger partial charge in [0.05, 0.1) is 18.1 Å². The molecule has 18 heavy (non-hydrogen) atoms. The summed E-state index contributed by atoms with van der Waals surface area (Å²) in [5.74, 6) is -1.42. The van der Waals surface area contributed by atoms with Gasteiger partial charge in [-0.15, -0.1) is 0 Å². The Bertz CT molecular complexity index is 565. The molecule has 7 nitrogen and oxygen atoms in total. The first-order chi connectivity index (χ1) is 8.66. The fraction of sp³-hybridized carbons (Fsp3) is 0.0909. The lowest BCUT2D eigenvalue weighted by molar-refractivity contribution is -0.137. The molecule has 0 saturated carbocycles. The maximum atomic E-state index is 11.9. The summed E-state index contributed by atoms with van der Waals surface area (Å²) < 4.78 is 1.35. The van der Waals surface area contributed by atoms with Crippen molar-refractivity contribution in [2.75, 3.05) is 5.32 Å². The van der Waals surface area contributed by atoms with Gasteiger partial charge >= 0.3 is 5.97 Å². The van der Waals surface area contributed by atoms with E-state index in [-0.39, 0.29) is 12.2 Å². The Kier molecular flexibility index (Phi) is 3.33. The van der Waals surface area contributed by atoms with Crippen molar-refractivity contribution in [2.24, 2.45) is 0 Å². The highest BCUT2D eigenvalue weighted by Gasteiger charge is 2.12. The number of carbonyl (C=O) groups is 2. The van der Waals surface area contributed by atoms with Crippen LogP contribution in [0.5, 0.6) is 0 Å². The third-order valence-electron chi connectivity index (χ3n) is 2.19. The maximum Gasteiger partial charge on any atom is 0.323 e. The molecule has 0 fully saturated rings. The van der Waals surface area contributed by atoms with E-state index in [0.717, 1.165) is 0 Å². The maximum absolute atomic E-state index is 11.9. The molecule has 2 aromatic rings. The Balaban J connectivity index is 2.14. The summed E-state index contributed by atoms with van der Waals surface area (Å²) >= 11 is 0. The molecule has 0 radical (unpaired) electrons. The molecule has 0 aliphatic rings. The second-order valence-corrected chi connectivity index (χ2v) is 3.50. The number of hydrogen-bond acceptors (Lipinski definition) is 4. The van der Waals surface area contributed by atoms with Crippen LogP contribution in [-0.2, 0) is 11.3 Å². The Hall–Kier alpha value is -2.70. The number of aliphatic carboxylic acids is 1. The first-order valence-corrected chi connectivity index (χ1v) is 5.10. The fourth-order valence-electron chi connectivity index (χ4n) is 1.46. The highest BCUT2D eigenvalue weighted by atomic mass is 16.4. The molecule has 92 valence electrons. The molecule has 2 rings (SSSR count). The van der Waals surface area contributed by atoms with Gasteiger partial charge in [0.15, 0.2) is 0 Å². The Morgan fingerprint density at radius 2 is 2.06 bits per heavy atom. The zero-order chi connectivity index (χ0) is 13.0. The van der Waals surface area contributed by atoms with Gasteiger partial charge < -0.3 is 15.0 Å². The van der Waals surface area contributed by atoms with Gasteiger partial charge in [-0.25, -0.2) is 9.97 Å². The van der Waals surface area contributed by atoms with Crippen LogP contribution in [0.3, 0.4) is 0 Å². The van der Waals surface area contributed by atoms with Crippen LogP contribution in [0.25, 0.3) is 0 Å². The number of carbonyl (C=O) groups excluding carboxylic acids is 1. The molecule has 0 aliphatic heterocycles. The Morgan fingerprint density at radius 3 is 2.72 bits per heavy atom. The van der Waals surface area contributed by atoms with Crippen LogP contribution in [0, 0.1) is 0 Å². The highest BCUT2D eigenvalue weighted by molar-refractivity contribution is 6.03. The average Bonchev–Trinajstić information content (AvgIpc) is 2.77. The molecule has 0 aliphatic carbocycles. The molecule has 0 spiro atoms. The van der Waals surface area contributed by atoms with Crippen molar-refractivity contribution in [1.29, 1.82) is 0 Å². The van der Waals surface area contributed by atoms with Crippen molar-refractivity contribution >= 4 is 17.6 Å². The van der Waals surface area contributed by atoms with Gasteiger partial charge in [-0.3, -0.25) is 9.59 Å². The lowest BCUT2D eigenvalue weighted by Crippen LogP contribution is -2.19. The van der Waals surface area contributed by atoms with E-state index >= 15 is 0 Å². The highest BCUT2D eigenvalue weighted by Crippen LogP contribution is 2.07. The van der Waals surface area contributed by atoms with E-state index < -0.39 is 11.9 Å². The lowest BCUT2D eigenvalue weighted by atomic mass is 10.3. The van der Waals surface area contributed by atoms with E-state index in [9.17, 15) is 9.59 Å². The molecule has 7 heteroatoms. The molecule has 2 aromatic heterocycles. The van der Waals surface area contributed by atoms with E-state index in [0.29, 0.717) is 5.69 Å². The second kappa shape index (κ2) is 5.09. The zero-order valence-corrected chi connectivity index (χ0v) is 9.28. The number of carboxylic acids is 1. The first-order valence-electron chi connectivity index (χ1n) is 5.10. The van der Waals surface area contributed by atoms with E-state index in [4.69, 9.17) is 5.11 Å². The number of nitrogens with zero attached hydrogens (tertiary/aromatic N) is 3. The number of amides is 1. The molecular formula is C11H10N4O3. The molecular weight excluding hydrogens is 236 g/mol. The van der Waals surface area contributed by atoms with Crippen LogP contribution in [0.2, 0.25) is 0 Å². The van der Waals surface area contributed by atoms with Crippen molar-refractivity contribution in [3.05, 3.63) is 42.7 Å². The van der Waals surface area contributed by atoms with Crippen molar-refractivity contribution in [2.45, 2.75) is 6.54 Å². The number of anilines is 1. The van der Waals surface area contributed by atoms with Crippen molar-refractivity contribution < 1.29 is 14.7 Å². The SMILES string of the molecule is O=C(O)Cn1cccc1C(=O)Nc1cncnc1. The normalized spacial score (nSPS) is 10.0. The van der Waals surface area contributed by atoms with Crippen LogP contribution >= 0.6 is 0 Å². The second-order valence-electron chi connectivity index (χ2n) is 3.50. The van der Waals surface area contributed by atoms with Crippen LogP contribution in [0.15, 0.2) is 37.1 Å². The van der Waals surface area contributed by atoms with Gasteiger partial charge in [-0.2, -0.15) is 0 Å². The van der Waals surface area contributed by atoms with Crippen molar-refractivity contribution in [3.63, 3.8) is 0 Å². The monoisotopic (exact) mass is 246 g/mol. The summed E-state index contributed by atoms with van der Waals surface area (Å²) in [5, 5.41) is 11.3. The van der Waals surface area contributed by atoms with Gasteiger partial charge in [-0.1, -0.05) is 0 Å². The van der Waals surface area contributed by atoms with E-state index in [1.54, 1.807) is 12.1 Å². The van der Waals surface area contributed by atoms with Gasteiger partial charge in [0.1, 0.15) is 18.6 Å². The van der Waals surface area contributed by atoms with E-state index in [1.165, 1.54) is 29.5 Å². The Morgan fingerprint density at radius 1 is 1.33 bits per heavy atom. The average molecular weight is 246 g/mol. The number of hydrogen-bond donors (Lipinski definition) is 2. The smallest absolute Gasteiger partial charge is 0.323 e. The van der Waals surface area contributed by atoms with Crippen molar-refractivity contribution in [3.8, 4) is 0 Å². The third-order valence-corrected chi connectivity index (χ3v) is 2.19. The third kappa shape index (κ3) is 2.70. The molecule has 0 saturated heterocycles. The molecule has 1 amide bonds. The topological polar surface area (TPSA) is 97.1 Å². The van der Waals surface area contributed by atoms with Gasteiger partial charge in [0, 0.05) is 6.20 Å². The largest absolute Gasteiger partial charge is 0.480 e. The zero-order valence-electron chi connectivity index (χ0n) is 9.28. The summed E-state index contributed by atoms with van der Waals surface area (Å²) in [6.07, 6.45) is 5.79. The number of carboxylic acid groups (broad SMARTS) is 1. The van der Waals surface area contributed by atoms with Crippen LogP contribution in [0.1, 0.15) is 10.5 Å². The molecule has 2 heterocycles. The van der Waals surface area contributed by atoms with Crippen LogP contribution in [0.4, 0.5) is 5.69 Å². The summed E-state index contributed by atoms with van der Waals surface area (Å²) in [7, 11) is 0. The standard InChI is InChI=1S/C11H10N4O3/c16-10(17)6-15-3-1-2-9(15)11(18)14-8-4-12-7-13-5-8/h1-5,7H,6H2,(H,14,18)(H,16,17). The van der Waals surface area contributed by atoms with Crippen LogP contribution < -0.4 is 5.32 Å². The fourth-order valence-corrected chi connectivity index (χ4v) is 1.46. The first kappa shape index (κ1) is 11.8. The van der Waals surface area contributed by atoms with Gasteiger partial charge in [0.25, 0.3) is 5.91 Å². The summed E-state index contributed by atoms with van der Waals surface area (Å²) in [4.78, 5) is 30.1. The van der Waals surface area contributed by atoms with Gasteiger partial charge in [0.2, 0.25) is 0 Å². The van der Waals surface area contributed by atoms with Gasteiger partial charge in [-0.05, 0) is 12.1 Å². The van der Waals surface area contributed by atoms with Crippen LogP contribution in [-0.4, -0.2) is 31.5 Å².